The molecule has 3 rings (SSSR count). The van der Waals surface area contributed by atoms with Gasteiger partial charge in [0, 0.05) is 24.6 Å². The van der Waals surface area contributed by atoms with Gasteiger partial charge in [-0.05, 0) is 49.2 Å². The number of amides is 1. The maximum absolute atomic E-state index is 13.4. The van der Waals surface area contributed by atoms with Crippen molar-refractivity contribution in [3.8, 4) is 5.75 Å². The number of hydrogen-bond donors (Lipinski definition) is 0. The van der Waals surface area contributed by atoms with Gasteiger partial charge in [-0.3, -0.25) is 9.59 Å². The summed E-state index contributed by atoms with van der Waals surface area (Å²) < 4.78 is 31.7. The van der Waals surface area contributed by atoms with Crippen LogP contribution in [0.2, 0.25) is 5.02 Å². The molecule has 1 heterocycles. The Bertz CT molecular complexity index is 862. The number of methoxy groups -OCH3 is 1. The molecule has 2 aromatic carbocycles. The van der Waals surface area contributed by atoms with E-state index in [0.29, 0.717) is 37.2 Å². The Balaban J connectivity index is 1.65. The number of likely N-dealkylation sites (tertiary alicyclic amines) is 1. The van der Waals surface area contributed by atoms with Gasteiger partial charge in [0.1, 0.15) is 5.75 Å². The van der Waals surface area contributed by atoms with E-state index in [0.717, 1.165) is 12.1 Å². The number of piperidine rings is 1. The van der Waals surface area contributed by atoms with Crippen molar-refractivity contribution < 1.29 is 23.1 Å². The average Bonchev–Trinajstić information content (AvgIpc) is 2.70. The van der Waals surface area contributed by atoms with E-state index in [1.165, 1.54) is 4.90 Å². The van der Waals surface area contributed by atoms with Crippen LogP contribution in [0.25, 0.3) is 0 Å². The van der Waals surface area contributed by atoms with Gasteiger partial charge in [-0.1, -0.05) is 11.6 Å². The molecule has 1 fully saturated rings. The highest BCUT2D eigenvalue weighted by Gasteiger charge is 2.29. The third kappa shape index (κ3) is 4.11. The lowest BCUT2D eigenvalue weighted by molar-refractivity contribution is 0.0650. The number of hydrogen-bond acceptors (Lipinski definition) is 3. The number of nitrogens with zero attached hydrogens (tertiary/aromatic N) is 1. The molecule has 0 unspecified atom stereocenters. The molecule has 7 heteroatoms. The molecule has 1 aliphatic heterocycles. The van der Waals surface area contributed by atoms with E-state index in [2.05, 4.69) is 0 Å². The lowest BCUT2D eigenvalue weighted by Crippen LogP contribution is -2.40. The second-order valence-electron chi connectivity index (χ2n) is 6.41. The van der Waals surface area contributed by atoms with Crippen LogP contribution >= 0.6 is 11.6 Å². The zero-order valence-electron chi connectivity index (χ0n) is 14.7. The van der Waals surface area contributed by atoms with Gasteiger partial charge in [0.25, 0.3) is 5.91 Å². The largest absolute Gasteiger partial charge is 0.497 e. The zero-order chi connectivity index (χ0) is 19.6. The van der Waals surface area contributed by atoms with Crippen LogP contribution in [0.3, 0.4) is 0 Å². The van der Waals surface area contributed by atoms with Gasteiger partial charge in [0.15, 0.2) is 17.4 Å². The highest BCUT2D eigenvalue weighted by atomic mass is 35.5. The molecule has 27 heavy (non-hydrogen) atoms. The Morgan fingerprint density at radius 3 is 2.26 bits per heavy atom. The van der Waals surface area contributed by atoms with E-state index in [1.807, 2.05) is 0 Å². The van der Waals surface area contributed by atoms with Gasteiger partial charge in [0.2, 0.25) is 0 Å². The summed E-state index contributed by atoms with van der Waals surface area (Å²) in [5.74, 6) is -2.17. The first-order valence-corrected chi connectivity index (χ1v) is 8.90. The van der Waals surface area contributed by atoms with Gasteiger partial charge < -0.3 is 9.64 Å². The van der Waals surface area contributed by atoms with Crippen molar-refractivity contribution in [3.63, 3.8) is 0 Å². The molecule has 1 aliphatic rings. The molecule has 0 bridgehead atoms. The topological polar surface area (TPSA) is 46.6 Å². The summed E-state index contributed by atoms with van der Waals surface area (Å²) in [7, 11) is 1.56. The Kier molecular flexibility index (Phi) is 5.75. The Morgan fingerprint density at radius 1 is 1.07 bits per heavy atom. The van der Waals surface area contributed by atoms with Crippen LogP contribution in [0.15, 0.2) is 36.4 Å². The number of carbonyl (C=O) groups excluding carboxylic acids is 2. The number of halogens is 3. The summed E-state index contributed by atoms with van der Waals surface area (Å²) in [5.41, 5.74) is 0.528. The quantitative estimate of drug-likeness (QED) is 0.572. The van der Waals surface area contributed by atoms with Gasteiger partial charge in [0.05, 0.1) is 17.7 Å². The lowest BCUT2D eigenvalue weighted by Gasteiger charge is -2.31. The molecular weight excluding hydrogens is 376 g/mol. The standard InChI is InChI=1S/C20H18ClF2NO3/c1-27-14-4-2-12(3-5-14)19(25)13-6-8-24(9-7-13)20(26)15-10-17(22)18(23)11-16(15)21/h2-5,10-11,13H,6-9H2,1H3. The molecule has 142 valence electrons. The van der Waals surface area contributed by atoms with Crippen LogP contribution in [-0.2, 0) is 0 Å². The first-order valence-electron chi connectivity index (χ1n) is 8.52. The Hall–Kier alpha value is -2.47. The molecule has 1 amide bonds. The second kappa shape index (κ2) is 8.05. The number of ketones is 1. The highest BCUT2D eigenvalue weighted by Crippen LogP contribution is 2.26. The second-order valence-corrected chi connectivity index (χ2v) is 6.81. The van der Waals surface area contributed by atoms with Crippen LogP contribution in [0, 0.1) is 17.6 Å². The predicted octanol–water partition coefficient (Wildman–Crippen LogP) is 4.36. The molecule has 0 spiro atoms. The van der Waals surface area contributed by atoms with Crippen molar-refractivity contribution in [1.29, 1.82) is 0 Å². The molecule has 0 radical (unpaired) electrons. The van der Waals surface area contributed by atoms with Crippen molar-refractivity contribution in [1.82, 2.24) is 4.90 Å². The highest BCUT2D eigenvalue weighted by molar-refractivity contribution is 6.33. The van der Waals surface area contributed by atoms with E-state index in [1.54, 1.807) is 31.4 Å². The smallest absolute Gasteiger partial charge is 0.255 e. The van der Waals surface area contributed by atoms with Crippen LogP contribution in [0.4, 0.5) is 8.78 Å². The summed E-state index contributed by atoms with van der Waals surface area (Å²) >= 11 is 5.88. The molecule has 2 aromatic rings. The van der Waals surface area contributed by atoms with Gasteiger partial charge in [-0.25, -0.2) is 8.78 Å². The minimum atomic E-state index is -1.12. The van der Waals surface area contributed by atoms with Crippen LogP contribution < -0.4 is 4.74 Å². The van der Waals surface area contributed by atoms with E-state index in [9.17, 15) is 18.4 Å². The number of carbonyl (C=O) groups is 2. The third-order valence-electron chi connectivity index (χ3n) is 4.77. The molecule has 0 aliphatic carbocycles. The average molecular weight is 394 g/mol. The summed E-state index contributed by atoms with van der Waals surface area (Å²) in [6.45, 7) is 0.696. The van der Waals surface area contributed by atoms with Crippen molar-refractivity contribution in [2.24, 2.45) is 5.92 Å². The number of rotatable bonds is 4. The van der Waals surface area contributed by atoms with Crippen LogP contribution in [-0.4, -0.2) is 36.8 Å². The number of Topliss-reactive ketones (excluding diaryl/α,β-unsaturated/α-hetero) is 1. The minimum Gasteiger partial charge on any atom is -0.497 e. The van der Waals surface area contributed by atoms with Crippen molar-refractivity contribution in [3.05, 3.63) is 64.2 Å². The molecule has 4 nitrogen and oxygen atoms in total. The predicted molar refractivity (Wildman–Crippen MR) is 97.3 cm³/mol. The fraction of sp³-hybridized carbons (Fsp3) is 0.300. The molecule has 0 N–H and O–H groups in total. The van der Waals surface area contributed by atoms with Crippen LogP contribution in [0.1, 0.15) is 33.6 Å². The van der Waals surface area contributed by atoms with Crippen molar-refractivity contribution in [2.75, 3.05) is 20.2 Å². The first kappa shape index (κ1) is 19.3. The summed E-state index contributed by atoms with van der Waals surface area (Å²) in [5, 5.41) is -0.129. The Labute approximate surface area is 160 Å². The lowest BCUT2D eigenvalue weighted by atomic mass is 9.88. The van der Waals surface area contributed by atoms with Gasteiger partial charge in [-0.2, -0.15) is 0 Å². The minimum absolute atomic E-state index is 0.0237. The summed E-state index contributed by atoms with van der Waals surface area (Å²) in [4.78, 5) is 26.7. The van der Waals surface area contributed by atoms with Crippen LogP contribution in [0.5, 0.6) is 5.75 Å². The van der Waals surface area contributed by atoms with E-state index >= 15 is 0 Å². The van der Waals surface area contributed by atoms with E-state index in [-0.39, 0.29) is 22.3 Å². The van der Waals surface area contributed by atoms with Crippen molar-refractivity contribution >= 4 is 23.3 Å². The van der Waals surface area contributed by atoms with Gasteiger partial charge >= 0.3 is 0 Å². The first-order chi connectivity index (χ1) is 12.9. The normalized spacial score (nSPS) is 14.9. The third-order valence-corrected chi connectivity index (χ3v) is 5.08. The maximum Gasteiger partial charge on any atom is 0.255 e. The van der Waals surface area contributed by atoms with Crippen molar-refractivity contribution in [2.45, 2.75) is 12.8 Å². The van der Waals surface area contributed by atoms with Gasteiger partial charge in [-0.15, -0.1) is 0 Å². The maximum atomic E-state index is 13.4. The number of benzene rings is 2. The SMILES string of the molecule is COc1ccc(C(=O)C2CCN(C(=O)c3cc(F)c(F)cc3Cl)CC2)cc1. The molecule has 0 saturated carbocycles. The van der Waals surface area contributed by atoms with E-state index in [4.69, 9.17) is 16.3 Å². The number of ether oxygens (including phenoxy) is 1. The summed E-state index contributed by atoms with van der Waals surface area (Å²) in [6.07, 6.45) is 0.996. The fourth-order valence-electron chi connectivity index (χ4n) is 3.19. The Morgan fingerprint density at radius 2 is 1.67 bits per heavy atom. The summed E-state index contributed by atoms with van der Waals surface area (Å²) in [6, 6.07) is 8.52. The van der Waals surface area contributed by atoms with E-state index < -0.39 is 17.5 Å². The molecule has 0 atom stereocenters. The molecular formula is C20H18ClF2NO3. The zero-order valence-corrected chi connectivity index (χ0v) is 15.4. The molecule has 1 saturated heterocycles. The monoisotopic (exact) mass is 393 g/mol. The fourth-order valence-corrected chi connectivity index (χ4v) is 3.42. The molecule has 0 aromatic heterocycles.